The van der Waals surface area contributed by atoms with Gasteiger partial charge in [0.05, 0.1) is 12.1 Å². The van der Waals surface area contributed by atoms with Gasteiger partial charge in [0.15, 0.2) is 0 Å². The minimum atomic E-state index is -0.353. The number of hydrogen-bond acceptors (Lipinski definition) is 3. The number of nitrogens with one attached hydrogen (secondary N) is 1. The van der Waals surface area contributed by atoms with Gasteiger partial charge < -0.3 is 15.3 Å². The number of benzene rings is 1. The van der Waals surface area contributed by atoms with E-state index in [1.54, 1.807) is 0 Å². The lowest BCUT2D eigenvalue weighted by Crippen LogP contribution is -2.54. The number of rotatable bonds is 8. The average molecular weight is 290 g/mol. The molecule has 0 saturated heterocycles. The van der Waals surface area contributed by atoms with Crippen LogP contribution in [0.5, 0.6) is 0 Å². The van der Waals surface area contributed by atoms with E-state index in [0.717, 1.165) is 19.5 Å². The molecule has 2 N–H and O–H groups in total. The molecule has 2 rings (SSSR count). The largest absolute Gasteiger partial charge is 0.394 e. The first-order valence-electron chi connectivity index (χ1n) is 8.33. The lowest BCUT2D eigenvalue weighted by atomic mass is 9.89. The summed E-state index contributed by atoms with van der Waals surface area (Å²) in [5, 5.41) is 13.8. The maximum absolute atomic E-state index is 10.2. The van der Waals surface area contributed by atoms with Crippen LogP contribution in [0.2, 0.25) is 0 Å². The van der Waals surface area contributed by atoms with Crippen LogP contribution in [0.15, 0.2) is 30.3 Å². The second kappa shape index (κ2) is 7.92. The molecule has 0 bridgehead atoms. The number of nitrogens with zero attached hydrogens (tertiary/aromatic N) is 1. The zero-order chi connectivity index (χ0) is 15.1. The summed E-state index contributed by atoms with van der Waals surface area (Å²) in [5.41, 5.74) is 0.833. The van der Waals surface area contributed by atoms with Crippen molar-refractivity contribution in [3.8, 4) is 0 Å². The van der Waals surface area contributed by atoms with Crippen LogP contribution in [-0.4, -0.2) is 42.8 Å². The summed E-state index contributed by atoms with van der Waals surface area (Å²) in [5.74, 6) is 0. The maximum Gasteiger partial charge on any atom is 0.0797 e. The lowest BCUT2D eigenvalue weighted by molar-refractivity contribution is 0.0992. The number of aliphatic hydroxyl groups excluding tert-OH is 1. The highest BCUT2D eigenvalue weighted by Gasteiger charge is 2.34. The molecular weight excluding hydrogens is 260 g/mol. The summed E-state index contributed by atoms with van der Waals surface area (Å²) in [6.07, 6.45) is 6.34. The van der Waals surface area contributed by atoms with Gasteiger partial charge in [-0.05, 0) is 38.4 Å². The number of aliphatic hydroxyl groups is 1. The zero-order valence-corrected chi connectivity index (χ0v) is 13.5. The van der Waals surface area contributed by atoms with E-state index in [-0.39, 0.29) is 12.1 Å². The summed E-state index contributed by atoms with van der Waals surface area (Å²) in [6, 6.07) is 11.1. The Labute approximate surface area is 129 Å². The van der Waals surface area contributed by atoms with Crippen LogP contribution in [0.4, 0.5) is 0 Å². The van der Waals surface area contributed by atoms with Crippen molar-refractivity contribution >= 4 is 0 Å². The van der Waals surface area contributed by atoms with Gasteiger partial charge in [0.25, 0.3) is 0 Å². The van der Waals surface area contributed by atoms with Crippen LogP contribution in [-0.2, 0) is 5.54 Å². The zero-order valence-electron chi connectivity index (χ0n) is 13.5. The third-order valence-electron chi connectivity index (χ3n) is 4.78. The quantitative estimate of drug-likeness (QED) is 0.773. The smallest absolute Gasteiger partial charge is 0.0797 e. The summed E-state index contributed by atoms with van der Waals surface area (Å²) in [4.78, 5) is 2.44. The normalized spacial score (nSPS) is 19.0. The van der Waals surface area contributed by atoms with E-state index in [2.05, 4.69) is 48.5 Å². The fraction of sp³-hybridized carbons (Fsp3) is 0.667. The monoisotopic (exact) mass is 290 g/mol. The van der Waals surface area contributed by atoms with Crippen molar-refractivity contribution in [3.63, 3.8) is 0 Å². The first kappa shape index (κ1) is 16.5. The van der Waals surface area contributed by atoms with Crippen molar-refractivity contribution in [1.29, 1.82) is 0 Å². The van der Waals surface area contributed by atoms with Gasteiger partial charge >= 0.3 is 0 Å². The topological polar surface area (TPSA) is 35.5 Å². The fourth-order valence-electron chi connectivity index (χ4n) is 3.47. The van der Waals surface area contributed by atoms with Gasteiger partial charge in [0.1, 0.15) is 0 Å². The fourth-order valence-corrected chi connectivity index (χ4v) is 3.47. The average Bonchev–Trinajstić information content (AvgIpc) is 3.07. The van der Waals surface area contributed by atoms with Gasteiger partial charge in [0.2, 0.25) is 0 Å². The summed E-state index contributed by atoms with van der Waals surface area (Å²) in [7, 11) is 2.21. The van der Waals surface area contributed by atoms with Crippen molar-refractivity contribution < 1.29 is 5.11 Å². The first-order chi connectivity index (χ1) is 10.2. The Morgan fingerprint density at radius 3 is 2.48 bits per heavy atom. The van der Waals surface area contributed by atoms with Crippen LogP contribution >= 0.6 is 0 Å². The molecule has 118 valence electrons. The second-order valence-electron chi connectivity index (χ2n) is 6.39. The highest BCUT2D eigenvalue weighted by Crippen LogP contribution is 2.27. The van der Waals surface area contributed by atoms with Gasteiger partial charge in [-0.3, -0.25) is 0 Å². The Bertz CT molecular complexity index is 403. The van der Waals surface area contributed by atoms with Gasteiger partial charge in [-0.1, -0.05) is 50.1 Å². The van der Waals surface area contributed by atoms with Crippen LogP contribution in [0.25, 0.3) is 0 Å². The van der Waals surface area contributed by atoms with E-state index >= 15 is 0 Å². The molecule has 1 aromatic rings. The Morgan fingerprint density at radius 2 is 1.90 bits per heavy atom. The molecule has 1 aromatic carbocycles. The molecule has 0 radical (unpaired) electrons. The van der Waals surface area contributed by atoms with Gasteiger partial charge in [-0.2, -0.15) is 0 Å². The lowest BCUT2D eigenvalue weighted by Gasteiger charge is -2.39. The van der Waals surface area contributed by atoms with Gasteiger partial charge in [0, 0.05) is 12.6 Å². The molecule has 1 aliphatic carbocycles. The highest BCUT2D eigenvalue weighted by molar-refractivity contribution is 5.25. The van der Waals surface area contributed by atoms with Crippen LogP contribution in [0.1, 0.15) is 44.6 Å². The van der Waals surface area contributed by atoms with E-state index in [4.69, 9.17) is 0 Å². The predicted octanol–water partition coefficient (Wildman–Crippen LogP) is 2.75. The minimum Gasteiger partial charge on any atom is -0.394 e. The summed E-state index contributed by atoms with van der Waals surface area (Å²) in [6.45, 7) is 4.08. The van der Waals surface area contributed by atoms with E-state index in [1.807, 2.05) is 6.07 Å². The standard InChI is InChI=1S/C18H30N2O/c1-3-13-19-18(15-21,16-9-5-4-6-10-16)14-20(2)17-11-7-8-12-17/h4-6,9-10,17,19,21H,3,7-8,11-15H2,1-2H3. The molecule has 0 amide bonds. The Hall–Kier alpha value is -0.900. The van der Waals surface area contributed by atoms with Crippen molar-refractivity contribution in [2.24, 2.45) is 0 Å². The molecule has 3 nitrogen and oxygen atoms in total. The van der Waals surface area contributed by atoms with Crippen molar-refractivity contribution in [2.45, 2.75) is 50.6 Å². The van der Waals surface area contributed by atoms with E-state index < -0.39 is 0 Å². The highest BCUT2D eigenvalue weighted by atomic mass is 16.3. The number of likely N-dealkylation sites (N-methyl/N-ethyl adjacent to an activating group) is 1. The summed E-state index contributed by atoms with van der Waals surface area (Å²) >= 11 is 0. The molecule has 1 aliphatic rings. The molecule has 1 atom stereocenters. The van der Waals surface area contributed by atoms with Crippen LogP contribution in [0.3, 0.4) is 0 Å². The molecule has 1 saturated carbocycles. The SMILES string of the molecule is CCCNC(CO)(CN(C)C1CCCC1)c1ccccc1. The van der Waals surface area contributed by atoms with E-state index in [9.17, 15) is 5.11 Å². The maximum atomic E-state index is 10.2. The van der Waals surface area contributed by atoms with Crippen LogP contribution in [0, 0.1) is 0 Å². The predicted molar refractivity (Wildman–Crippen MR) is 88.4 cm³/mol. The third-order valence-corrected chi connectivity index (χ3v) is 4.78. The van der Waals surface area contributed by atoms with Crippen molar-refractivity contribution in [3.05, 3.63) is 35.9 Å². The molecule has 0 aliphatic heterocycles. The van der Waals surface area contributed by atoms with Gasteiger partial charge in [-0.25, -0.2) is 0 Å². The minimum absolute atomic E-state index is 0.133. The molecule has 0 spiro atoms. The molecule has 1 unspecified atom stereocenters. The molecule has 3 heteroatoms. The van der Waals surface area contributed by atoms with Crippen molar-refractivity contribution in [2.75, 3.05) is 26.7 Å². The Morgan fingerprint density at radius 1 is 1.24 bits per heavy atom. The Balaban J connectivity index is 2.17. The molecule has 1 fully saturated rings. The van der Waals surface area contributed by atoms with E-state index in [0.29, 0.717) is 6.04 Å². The molecule has 21 heavy (non-hydrogen) atoms. The number of hydrogen-bond donors (Lipinski definition) is 2. The van der Waals surface area contributed by atoms with Crippen molar-refractivity contribution in [1.82, 2.24) is 10.2 Å². The van der Waals surface area contributed by atoms with Gasteiger partial charge in [-0.15, -0.1) is 0 Å². The first-order valence-corrected chi connectivity index (χ1v) is 8.33. The molecule has 0 heterocycles. The molecular formula is C18H30N2O. The third kappa shape index (κ3) is 4.06. The second-order valence-corrected chi connectivity index (χ2v) is 6.39. The van der Waals surface area contributed by atoms with E-state index in [1.165, 1.54) is 31.2 Å². The Kier molecular flexibility index (Phi) is 6.22. The molecule has 0 aromatic heterocycles. The summed E-state index contributed by atoms with van der Waals surface area (Å²) < 4.78 is 0. The van der Waals surface area contributed by atoms with Crippen LogP contribution < -0.4 is 5.32 Å².